The first-order valence-corrected chi connectivity index (χ1v) is 9.00. The van der Waals surface area contributed by atoms with E-state index >= 15 is 0 Å². The molecular formula is C20H29N3O2. The molecule has 2 aromatic rings. The van der Waals surface area contributed by atoms with Crippen molar-refractivity contribution in [1.29, 1.82) is 0 Å². The molecule has 136 valence electrons. The zero-order chi connectivity index (χ0) is 17.5. The summed E-state index contributed by atoms with van der Waals surface area (Å²) in [4.78, 5) is 5.01. The molecule has 0 atom stereocenters. The summed E-state index contributed by atoms with van der Waals surface area (Å²) in [6.45, 7) is 7.79. The van der Waals surface area contributed by atoms with Crippen LogP contribution in [0.3, 0.4) is 0 Å². The maximum absolute atomic E-state index is 5.46. The summed E-state index contributed by atoms with van der Waals surface area (Å²) in [7, 11) is 3.83. The molecule has 0 aliphatic carbocycles. The van der Waals surface area contributed by atoms with Gasteiger partial charge in [0, 0.05) is 58.2 Å². The number of hydrogen-bond donors (Lipinski definition) is 0. The van der Waals surface area contributed by atoms with Crippen molar-refractivity contribution in [2.45, 2.75) is 13.1 Å². The van der Waals surface area contributed by atoms with Crippen molar-refractivity contribution in [2.24, 2.45) is 7.05 Å². The third-order valence-electron chi connectivity index (χ3n) is 4.81. The van der Waals surface area contributed by atoms with E-state index in [0.717, 1.165) is 58.2 Å². The summed E-state index contributed by atoms with van der Waals surface area (Å²) < 4.78 is 13.0. The molecule has 0 N–H and O–H groups in total. The van der Waals surface area contributed by atoms with E-state index in [-0.39, 0.29) is 0 Å². The van der Waals surface area contributed by atoms with Gasteiger partial charge < -0.3 is 14.0 Å². The van der Waals surface area contributed by atoms with Gasteiger partial charge in [0.1, 0.15) is 5.75 Å². The van der Waals surface area contributed by atoms with Crippen molar-refractivity contribution in [1.82, 2.24) is 14.4 Å². The van der Waals surface area contributed by atoms with Crippen molar-refractivity contribution < 1.29 is 9.47 Å². The Labute approximate surface area is 150 Å². The first-order valence-electron chi connectivity index (χ1n) is 9.00. The summed E-state index contributed by atoms with van der Waals surface area (Å²) in [6.07, 6.45) is 2.11. The Morgan fingerprint density at radius 2 is 1.96 bits per heavy atom. The number of benzene rings is 1. The molecule has 0 spiro atoms. The van der Waals surface area contributed by atoms with E-state index in [1.165, 1.54) is 11.3 Å². The third kappa shape index (κ3) is 5.33. The van der Waals surface area contributed by atoms with Crippen LogP contribution >= 0.6 is 0 Å². The Balaban J connectivity index is 1.65. The quantitative estimate of drug-likeness (QED) is 0.736. The normalized spacial score (nSPS) is 15.6. The van der Waals surface area contributed by atoms with Crippen LogP contribution in [-0.2, 0) is 24.9 Å². The lowest BCUT2D eigenvalue weighted by molar-refractivity contribution is 0.0324. The lowest BCUT2D eigenvalue weighted by atomic mass is 10.2. The SMILES string of the molecule is COc1cccc(CN(CCN2CCOCC2)Cc2cccn2C)c1. The van der Waals surface area contributed by atoms with Gasteiger partial charge in [-0.2, -0.15) is 0 Å². The molecule has 0 saturated carbocycles. The zero-order valence-corrected chi connectivity index (χ0v) is 15.4. The van der Waals surface area contributed by atoms with E-state index in [1.54, 1.807) is 7.11 Å². The van der Waals surface area contributed by atoms with Gasteiger partial charge in [0.2, 0.25) is 0 Å². The fourth-order valence-electron chi connectivity index (χ4n) is 3.24. The van der Waals surface area contributed by atoms with Gasteiger partial charge in [-0.1, -0.05) is 12.1 Å². The average Bonchev–Trinajstić information content (AvgIpc) is 3.05. The van der Waals surface area contributed by atoms with Gasteiger partial charge >= 0.3 is 0 Å². The van der Waals surface area contributed by atoms with Crippen LogP contribution in [0.5, 0.6) is 5.75 Å². The van der Waals surface area contributed by atoms with Crippen LogP contribution < -0.4 is 4.74 Å². The number of morpholine rings is 1. The van der Waals surface area contributed by atoms with Crippen LogP contribution in [-0.4, -0.2) is 60.9 Å². The molecule has 5 heteroatoms. The molecule has 0 radical (unpaired) electrons. The van der Waals surface area contributed by atoms with E-state index in [2.05, 4.69) is 57.9 Å². The summed E-state index contributed by atoms with van der Waals surface area (Å²) in [6, 6.07) is 12.7. The molecule has 1 fully saturated rings. The number of nitrogens with zero attached hydrogens (tertiary/aromatic N) is 3. The smallest absolute Gasteiger partial charge is 0.119 e. The summed E-state index contributed by atoms with van der Waals surface area (Å²) in [5.41, 5.74) is 2.63. The second-order valence-corrected chi connectivity index (χ2v) is 6.63. The lowest BCUT2D eigenvalue weighted by Crippen LogP contribution is -2.41. The fraction of sp³-hybridized carbons (Fsp3) is 0.500. The molecule has 0 bridgehead atoms. The molecule has 3 rings (SSSR count). The van der Waals surface area contributed by atoms with Gasteiger partial charge in [-0.25, -0.2) is 0 Å². The summed E-state index contributed by atoms with van der Waals surface area (Å²) in [5.74, 6) is 0.921. The van der Waals surface area contributed by atoms with E-state index in [9.17, 15) is 0 Å². The molecule has 1 aromatic heterocycles. The number of methoxy groups -OCH3 is 1. The minimum absolute atomic E-state index is 0.855. The predicted octanol–water partition coefficient (Wildman–Crippen LogP) is 2.37. The molecule has 5 nitrogen and oxygen atoms in total. The summed E-state index contributed by atoms with van der Waals surface area (Å²) in [5, 5.41) is 0. The number of ether oxygens (including phenoxy) is 2. The Hall–Kier alpha value is -1.82. The molecule has 2 heterocycles. The Kier molecular flexibility index (Phi) is 6.50. The van der Waals surface area contributed by atoms with Gasteiger partial charge in [0.05, 0.1) is 20.3 Å². The Morgan fingerprint density at radius 3 is 2.68 bits per heavy atom. The second kappa shape index (κ2) is 9.04. The minimum atomic E-state index is 0.855. The lowest BCUT2D eigenvalue weighted by Gasteiger charge is -2.30. The highest BCUT2D eigenvalue weighted by Gasteiger charge is 2.14. The monoisotopic (exact) mass is 343 g/mol. The van der Waals surface area contributed by atoms with Crippen LogP contribution in [0.25, 0.3) is 0 Å². The van der Waals surface area contributed by atoms with Crippen molar-refractivity contribution in [3.8, 4) is 5.75 Å². The zero-order valence-electron chi connectivity index (χ0n) is 15.4. The van der Waals surface area contributed by atoms with E-state index in [1.807, 2.05) is 6.07 Å². The molecular weight excluding hydrogens is 314 g/mol. The van der Waals surface area contributed by atoms with E-state index in [4.69, 9.17) is 9.47 Å². The standard InChI is InChI=1S/C20H29N3O2/c1-21-8-4-6-19(21)17-23(10-9-22-11-13-25-14-12-22)16-18-5-3-7-20(15-18)24-2/h3-8,15H,9-14,16-17H2,1-2H3. The largest absolute Gasteiger partial charge is 0.497 e. The van der Waals surface area contributed by atoms with Crippen molar-refractivity contribution in [2.75, 3.05) is 46.5 Å². The summed E-state index contributed by atoms with van der Waals surface area (Å²) >= 11 is 0. The first-order chi connectivity index (χ1) is 12.2. The number of hydrogen-bond acceptors (Lipinski definition) is 4. The van der Waals surface area contributed by atoms with Gasteiger partial charge in [-0.05, 0) is 29.8 Å². The van der Waals surface area contributed by atoms with Crippen molar-refractivity contribution in [3.05, 3.63) is 53.9 Å². The van der Waals surface area contributed by atoms with Crippen LogP contribution in [0.1, 0.15) is 11.3 Å². The fourth-order valence-corrected chi connectivity index (χ4v) is 3.24. The first kappa shape index (κ1) is 18.0. The van der Waals surface area contributed by atoms with Gasteiger partial charge in [-0.15, -0.1) is 0 Å². The second-order valence-electron chi connectivity index (χ2n) is 6.63. The molecule has 1 aromatic carbocycles. The highest BCUT2D eigenvalue weighted by molar-refractivity contribution is 5.28. The van der Waals surface area contributed by atoms with Gasteiger partial charge in [-0.3, -0.25) is 9.80 Å². The van der Waals surface area contributed by atoms with Crippen LogP contribution in [0.15, 0.2) is 42.6 Å². The maximum atomic E-state index is 5.46. The van der Waals surface area contributed by atoms with Gasteiger partial charge in [0.25, 0.3) is 0 Å². The minimum Gasteiger partial charge on any atom is -0.497 e. The van der Waals surface area contributed by atoms with Crippen LogP contribution in [0.2, 0.25) is 0 Å². The number of rotatable bonds is 8. The topological polar surface area (TPSA) is 29.9 Å². The number of aromatic nitrogens is 1. The molecule has 1 aliphatic rings. The molecule has 25 heavy (non-hydrogen) atoms. The molecule has 0 amide bonds. The molecule has 0 unspecified atom stereocenters. The van der Waals surface area contributed by atoms with Crippen LogP contribution in [0, 0.1) is 0 Å². The highest BCUT2D eigenvalue weighted by atomic mass is 16.5. The van der Waals surface area contributed by atoms with E-state index < -0.39 is 0 Å². The van der Waals surface area contributed by atoms with Crippen molar-refractivity contribution >= 4 is 0 Å². The highest BCUT2D eigenvalue weighted by Crippen LogP contribution is 2.16. The average molecular weight is 343 g/mol. The van der Waals surface area contributed by atoms with Crippen LogP contribution in [0.4, 0.5) is 0 Å². The third-order valence-corrected chi connectivity index (χ3v) is 4.81. The predicted molar refractivity (Wildman–Crippen MR) is 99.8 cm³/mol. The van der Waals surface area contributed by atoms with E-state index in [0.29, 0.717) is 0 Å². The Bertz CT molecular complexity index is 650. The Morgan fingerprint density at radius 1 is 1.12 bits per heavy atom. The molecule has 1 saturated heterocycles. The molecule has 1 aliphatic heterocycles. The van der Waals surface area contributed by atoms with Crippen molar-refractivity contribution in [3.63, 3.8) is 0 Å². The number of aryl methyl sites for hydroxylation is 1. The maximum Gasteiger partial charge on any atom is 0.119 e. The van der Waals surface area contributed by atoms with Gasteiger partial charge in [0.15, 0.2) is 0 Å².